The van der Waals surface area contributed by atoms with Gasteiger partial charge in [-0.05, 0) is 18.8 Å². The number of aliphatic imine (C=N–C) groups is 1. The molecular formula is C19H33IN6O2. The van der Waals surface area contributed by atoms with E-state index in [1.54, 1.807) is 7.05 Å². The van der Waals surface area contributed by atoms with Gasteiger partial charge in [-0.15, -0.1) is 24.0 Å². The predicted octanol–water partition coefficient (Wildman–Crippen LogP) is 1.73. The summed E-state index contributed by atoms with van der Waals surface area (Å²) < 4.78 is 5.38. The van der Waals surface area contributed by atoms with Crippen molar-refractivity contribution in [2.75, 3.05) is 52.9 Å². The average molecular weight is 504 g/mol. The lowest BCUT2D eigenvalue weighted by atomic mass is 10.1. The number of nitrogens with one attached hydrogen (secondary N) is 1. The Labute approximate surface area is 184 Å². The molecule has 28 heavy (non-hydrogen) atoms. The minimum atomic E-state index is 0. The summed E-state index contributed by atoms with van der Waals surface area (Å²) in [6.45, 7) is 10.6. The summed E-state index contributed by atoms with van der Waals surface area (Å²) in [5.41, 5.74) is 0.970. The zero-order chi connectivity index (χ0) is 19.2. The van der Waals surface area contributed by atoms with Gasteiger partial charge in [-0.25, -0.2) is 0 Å². The maximum atomic E-state index is 12.3. The molecule has 0 bridgehead atoms. The van der Waals surface area contributed by atoms with Gasteiger partial charge in [0.15, 0.2) is 11.7 Å². The Hall–Kier alpha value is -1.36. The SMILES string of the molecule is CN=C(NCc1cc(C(C)C)no1)N1CCN(CC(=O)N2CCCC2)CC1.I. The van der Waals surface area contributed by atoms with Crippen LogP contribution in [0.5, 0.6) is 0 Å². The van der Waals surface area contributed by atoms with Crippen molar-refractivity contribution in [1.29, 1.82) is 0 Å². The van der Waals surface area contributed by atoms with E-state index in [1.165, 1.54) is 0 Å². The van der Waals surface area contributed by atoms with Crippen LogP contribution in [0.3, 0.4) is 0 Å². The number of amides is 1. The van der Waals surface area contributed by atoms with Crippen LogP contribution in [-0.4, -0.2) is 84.6 Å². The second-order valence-corrected chi connectivity index (χ2v) is 7.62. The number of halogens is 1. The Morgan fingerprint density at radius 2 is 1.86 bits per heavy atom. The molecule has 3 heterocycles. The van der Waals surface area contributed by atoms with Gasteiger partial charge in [-0.2, -0.15) is 0 Å². The Kier molecular flexibility index (Phi) is 9.00. The van der Waals surface area contributed by atoms with Crippen LogP contribution in [0.1, 0.15) is 44.1 Å². The van der Waals surface area contributed by atoms with E-state index in [1.807, 2.05) is 11.0 Å². The molecule has 0 saturated carbocycles. The lowest BCUT2D eigenvalue weighted by Gasteiger charge is -2.36. The third-order valence-corrected chi connectivity index (χ3v) is 5.29. The number of rotatable bonds is 5. The normalized spacial score (nSPS) is 18.5. The maximum absolute atomic E-state index is 12.3. The van der Waals surface area contributed by atoms with Crippen molar-refractivity contribution in [2.24, 2.45) is 4.99 Å². The van der Waals surface area contributed by atoms with Crippen LogP contribution in [0, 0.1) is 0 Å². The molecule has 0 radical (unpaired) electrons. The fraction of sp³-hybridized carbons (Fsp3) is 0.737. The highest BCUT2D eigenvalue weighted by Crippen LogP contribution is 2.14. The second-order valence-electron chi connectivity index (χ2n) is 7.62. The Morgan fingerprint density at radius 3 is 2.43 bits per heavy atom. The van der Waals surface area contributed by atoms with Crippen molar-refractivity contribution >= 4 is 35.8 Å². The number of aromatic nitrogens is 1. The van der Waals surface area contributed by atoms with Crippen LogP contribution < -0.4 is 5.32 Å². The fourth-order valence-corrected chi connectivity index (χ4v) is 3.56. The van der Waals surface area contributed by atoms with E-state index in [9.17, 15) is 4.79 Å². The van der Waals surface area contributed by atoms with Gasteiger partial charge >= 0.3 is 0 Å². The first-order valence-electron chi connectivity index (χ1n) is 9.98. The Bertz CT molecular complexity index is 649. The molecule has 0 atom stereocenters. The van der Waals surface area contributed by atoms with Gasteiger partial charge in [0.05, 0.1) is 18.8 Å². The molecule has 0 unspecified atom stereocenters. The highest BCUT2D eigenvalue weighted by molar-refractivity contribution is 14.0. The zero-order valence-electron chi connectivity index (χ0n) is 17.2. The van der Waals surface area contributed by atoms with Crippen LogP contribution in [0.25, 0.3) is 0 Å². The smallest absolute Gasteiger partial charge is 0.236 e. The van der Waals surface area contributed by atoms with E-state index in [4.69, 9.17) is 4.52 Å². The van der Waals surface area contributed by atoms with Crippen LogP contribution in [0.2, 0.25) is 0 Å². The summed E-state index contributed by atoms with van der Waals surface area (Å²) in [5, 5.41) is 7.45. The molecule has 1 aromatic rings. The number of guanidine groups is 1. The summed E-state index contributed by atoms with van der Waals surface area (Å²) in [5.74, 6) is 2.31. The molecule has 2 aliphatic rings. The number of carbonyl (C=O) groups excluding carboxylic acids is 1. The van der Waals surface area contributed by atoms with E-state index in [0.29, 0.717) is 19.0 Å². The molecule has 1 amide bonds. The van der Waals surface area contributed by atoms with Gasteiger partial charge in [0, 0.05) is 52.4 Å². The second kappa shape index (κ2) is 11.0. The van der Waals surface area contributed by atoms with Crippen LogP contribution in [0.15, 0.2) is 15.6 Å². The summed E-state index contributed by atoms with van der Waals surface area (Å²) in [6.07, 6.45) is 2.29. The first-order valence-corrected chi connectivity index (χ1v) is 9.98. The van der Waals surface area contributed by atoms with Gasteiger partial charge in [0.25, 0.3) is 0 Å². The molecule has 0 aromatic carbocycles. The number of hydrogen-bond acceptors (Lipinski definition) is 5. The van der Waals surface area contributed by atoms with Crippen molar-refractivity contribution in [2.45, 2.75) is 39.2 Å². The number of nitrogens with zero attached hydrogens (tertiary/aromatic N) is 5. The minimum absolute atomic E-state index is 0. The molecule has 0 aliphatic carbocycles. The molecule has 3 rings (SSSR count). The third-order valence-electron chi connectivity index (χ3n) is 5.29. The number of likely N-dealkylation sites (tertiary alicyclic amines) is 1. The zero-order valence-corrected chi connectivity index (χ0v) is 19.5. The molecule has 9 heteroatoms. The monoisotopic (exact) mass is 504 g/mol. The Morgan fingerprint density at radius 1 is 1.18 bits per heavy atom. The van der Waals surface area contributed by atoms with Crippen molar-refractivity contribution < 1.29 is 9.32 Å². The quantitative estimate of drug-likeness (QED) is 0.374. The minimum Gasteiger partial charge on any atom is -0.359 e. The van der Waals surface area contributed by atoms with Crippen LogP contribution >= 0.6 is 24.0 Å². The molecule has 2 aliphatic heterocycles. The van der Waals surface area contributed by atoms with Gasteiger partial charge in [-0.3, -0.25) is 14.7 Å². The van der Waals surface area contributed by atoms with Crippen molar-refractivity contribution in [3.05, 3.63) is 17.5 Å². The molecule has 8 nitrogen and oxygen atoms in total. The van der Waals surface area contributed by atoms with Crippen molar-refractivity contribution in [1.82, 2.24) is 25.2 Å². The largest absolute Gasteiger partial charge is 0.359 e. The fourth-order valence-electron chi connectivity index (χ4n) is 3.56. The molecule has 158 valence electrons. The predicted molar refractivity (Wildman–Crippen MR) is 120 cm³/mol. The maximum Gasteiger partial charge on any atom is 0.236 e. The van der Waals surface area contributed by atoms with Crippen molar-refractivity contribution in [3.63, 3.8) is 0 Å². The summed E-state index contributed by atoms with van der Waals surface area (Å²) >= 11 is 0. The van der Waals surface area contributed by atoms with Gasteiger partial charge in [-0.1, -0.05) is 19.0 Å². The summed E-state index contributed by atoms with van der Waals surface area (Å²) in [7, 11) is 1.80. The molecule has 1 aromatic heterocycles. The highest BCUT2D eigenvalue weighted by Gasteiger charge is 2.24. The molecule has 1 N–H and O–H groups in total. The van der Waals surface area contributed by atoms with Gasteiger partial charge in [0.1, 0.15) is 0 Å². The first kappa shape index (κ1) is 22.9. The van der Waals surface area contributed by atoms with Crippen molar-refractivity contribution in [3.8, 4) is 0 Å². The van der Waals surface area contributed by atoms with E-state index in [0.717, 1.165) is 69.5 Å². The number of carbonyl (C=O) groups is 1. The van der Waals surface area contributed by atoms with Crippen LogP contribution in [0.4, 0.5) is 0 Å². The lowest BCUT2D eigenvalue weighted by molar-refractivity contribution is -0.131. The average Bonchev–Trinajstić information content (AvgIpc) is 3.35. The molecule has 2 saturated heterocycles. The van der Waals surface area contributed by atoms with Gasteiger partial charge < -0.3 is 19.6 Å². The topological polar surface area (TPSA) is 77.2 Å². The van der Waals surface area contributed by atoms with Crippen LogP contribution in [-0.2, 0) is 11.3 Å². The third kappa shape index (κ3) is 6.07. The van der Waals surface area contributed by atoms with Gasteiger partial charge in [0.2, 0.25) is 5.91 Å². The van der Waals surface area contributed by atoms with E-state index in [2.05, 4.69) is 39.1 Å². The number of hydrogen-bond donors (Lipinski definition) is 1. The van der Waals surface area contributed by atoms with E-state index in [-0.39, 0.29) is 29.9 Å². The summed E-state index contributed by atoms with van der Waals surface area (Å²) in [4.78, 5) is 23.2. The molecule has 2 fully saturated rings. The summed E-state index contributed by atoms with van der Waals surface area (Å²) in [6, 6.07) is 1.99. The first-order chi connectivity index (χ1) is 13.1. The van der Waals surface area contributed by atoms with E-state index >= 15 is 0 Å². The van der Waals surface area contributed by atoms with E-state index < -0.39 is 0 Å². The highest BCUT2D eigenvalue weighted by atomic mass is 127. The number of piperazine rings is 1. The molecule has 0 spiro atoms. The molecular weight excluding hydrogens is 471 g/mol. The lowest BCUT2D eigenvalue weighted by Crippen LogP contribution is -2.54. The standard InChI is InChI=1S/C19H32N6O2.HI/c1-15(2)17-12-16(27-22-17)13-21-19(20-3)25-10-8-23(9-11-25)14-18(26)24-6-4-5-7-24;/h12,15H,4-11,13-14H2,1-3H3,(H,20,21);1H. The Balaban J connectivity index is 0.00000280.